The molecule has 0 saturated carbocycles. The van der Waals surface area contributed by atoms with E-state index in [2.05, 4.69) is 0 Å². The van der Waals surface area contributed by atoms with Gasteiger partial charge in [0.05, 0.1) is 28.5 Å². The van der Waals surface area contributed by atoms with Gasteiger partial charge in [0.1, 0.15) is 5.75 Å². The summed E-state index contributed by atoms with van der Waals surface area (Å²) in [5.74, 6) is -0.00138. The van der Waals surface area contributed by atoms with Crippen molar-refractivity contribution in [2.45, 2.75) is 39.9 Å². The van der Waals surface area contributed by atoms with Gasteiger partial charge in [-0.25, -0.2) is 4.79 Å². The monoisotopic (exact) mass is 271 g/mol. The number of carbonyl (C=O) groups is 1. The fourth-order valence-electron chi connectivity index (χ4n) is 1.38. The summed E-state index contributed by atoms with van der Waals surface area (Å²) in [5, 5.41) is 0.281. The number of nitrogen functional groups attached to an aromatic ring is 1. The number of anilines is 1. The van der Waals surface area contributed by atoms with Crippen LogP contribution >= 0.6 is 11.6 Å². The topological polar surface area (TPSA) is 61.5 Å². The molecule has 1 rings (SSSR count). The molecule has 4 nitrogen and oxygen atoms in total. The maximum atomic E-state index is 11.8. The molecule has 0 aliphatic carbocycles. The number of rotatable bonds is 4. The van der Waals surface area contributed by atoms with Crippen molar-refractivity contribution in [1.29, 1.82) is 0 Å². The lowest BCUT2D eigenvalue weighted by Crippen LogP contribution is -2.14. The van der Waals surface area contributed by atoms with E-state index in [1.165, 1.54) is 0 Å². The molecule has 0 fully saturated rings. The van der Waals surface area contributed by atoms with Crippen LogP contribution in [0.3, 0.4) is 0 Å². The highest BCUT2D eigenvalue weighted by Crippen LogP contribution is 2.30. The molecule has 0 spiro atoms. The highest BCUT2D eigenvalue weighted by molar-refractivity contribution is 6.34. The Bertz CT molecular complexity index is 444. The van der Waals surface area contributed by atoms with Crippen LogP contribution in [0.2, 0.25) is 5.02 Å². The normalized spacial score (nSPS) is 10.8. The van der Waals surface area contributed by atoms with Crippen LogP contribution in [0.1, 0.15) is 38.1 Å². The third-order valence-corrected chi connectivity index (χ3v) is 2.35. The second-order valence-electron chi connectivity index (χ2n) is 4.49. The van der Waals surface area contributed by atoms with Crippen molar-refractivity contribution in [1.82, 2.24) is 0 Å². The van der Waals surface area contributed by atoms with Crippen molar-refractivity contribution in [2.24, 2.45) is 0 Å². The zero-order valence-corrected chi connectivity index (χ0v) is 11.7. The number of ether oxygens (including phenoxy) is 2. The van der Waals surface area contributed by atoms with Crippen LogP contribution in [0.25, 0.3) is 0 Å². The molecule has 0 aliphatic heterocycles. The van der Waals surface area contributed by atoms with Gasteiger partial charge < -0.3 is 15.2 Å². The Kier molecular flexibility index (Phi) is 4.84. The van der Waals surface area contributed by atoms with E-state index >= 15 is 0 Å². The van der Waals surface area contributed by atoms with Gasteiger partial charge in [0.25, 0.3) is 0 Å². The Morgan fingerprint density at radius 2 is 1.83 bits per heavy atom. The van der Waals surface area contributed by atoms with Gasteiger partial charge in [0.2, 0.25) is 0 Å². The number of esters is 1. The molecule has 0 bridgehead atoms. The van der Waals surface area contributed by atoms with E-state index in [-0.39, 0.29) is 28.5 Å². The summed E-state index contributed by atoms with van der Waals surface area (Å²) in [4.78, 5) is 11.8. The van der Waals surface area contributed by atoms with Crippen LogP contribution < -0.4 is 10.5 Å². The molecule has 18 heavy (non-hydrogen) atoms. The largest absolute Gasteiger partial charge is 0.491 e. The van der Waals surface area contributed by atoms with E-state index in [4.69, 9.17) is 26.8 Å². The molecule has 5 heteroatoms. The number of nitrogens with two attached hydrogens (primary N) is 1. The summed E-state index contributed by atoms with van der Waals surface area (Å²) in [6, 6.07) is 3.13. The minimum absolute atomic E-state index is 0.0151. The number of benzene rings is 1. The molecular formula is C13H18ClNO3. The maximum absolute atomic E-state index is 11.8. The number of halogens is 1. The van der Waals surface area contributed by atoms with Crippen molar-refractivity contribution in [3.63, 3.8) is 0 Å². The zero-order valence-electron chi connectivity index (χ0n) is 11.0. The van der Waals surface area contributed by atoms with E-state index in [1.54, 1.807) is 26.0 Å². The molecule has 0 aliphatic rings. The lowest BCUT2D eigenvalue weighted by molar-refractivity contribution is 0.0378. The molecule has 1 aromatic rings. The summed E-state index contributed by atoms with van der Waals surface area (Å²) in [6.45, 7) is 7.31. The average molecular weight is 272 g/mol. The predicted molar refractivity (Wildman–Crippen MR) is 72.2 cm³/mol. The molecule has 0 saturated heterocycles. The minimum Gasteiger partial charge on any atom is -0.491 e. The first-order chi connectivity index (χ1) is 8.31. The van der Waals surface area contributed by atoms with Gasteiger partial charge in [-0.1, -0.05) is 11.6 Å². The quantitative estimate of drug-likeness (QED) is 0.674. The molecular weight excluding hydrogens is 254 g/mol. The van der Waals surface area contributed by atoms with Crippen molar-refractivity contribution in [3.05, 3.63) is 22.7 Å². The molecule has 1 aromatic carbocycles. The molecule has 0 atom stereocenters. The zero-order chi connectivity index (χ0) is 13.9. The summed E-state index contributed by atoms with van der Waals surface area (Å²) in [7, 11) is 0. The predicted octanol–water partition coefficient (Wildman–Crippen LogP) is 3.27. The van der Waals surface area contributed by atoms with Gasteiger partial charge in [0.15, 0.2) is 0 Å². The fraction of sp³-hybridized carbons (Fsp3) is 0.462. The van der Waals surface area contributed by atoms with Crippen molar-refractivity contribution < 1.29 is 14.3 Å². The standard InChI is InChI=1S/C13H18ClNO3/c1-7(2)17-9-5-10(12(15)11(14)6-9)13(16)18-8(3)4/h5-8H,15H2,1-4H3. The van der Waals surface area contributed by atoms with E-state index in [1.807, 2.05) is 13.8 Å². The Hall–Kier alpha value is -1.42. The SMILES string of the molecule is CC(C)OC(=O)c1cc(OC(C)C)cc(Cl)c1N. The van der Waals surface area contributed by atoms with E-state index in [9.17, 15) is 4.79 Å². The van der Waals surface area contributed by atoms with Crippen LogP contribution in [0.4, 0.5) is 5.69 Å². The van der Waals surface area contributed by atoms with E-state index in [0.717, 1.165) is 0 Å². The fourth-order valence-corrected chi connectivity index (χ4v) is 1.59. The van der Waals surface area contributed by atoms with Crippen LogP contribution in [-0.2, 0) is 4.74 Å². The maximum Gasteiger partial charge on any atom is 0.340 e. The van der Waals surface area contributed by atoms with E-state index < -0.39 is 5.97 Å². The second kappa shape index (κ2) is 5.96. The lowest BCUT2D eigenvalue weighted by atomic mass is 10.1. The summed E-state index contributed by atoms with van der Waals surface area (Å²) in [5.41, 5.74) is 6.21. The van der Waals surface area contributed by atoms with Gasteiger partial charge in [-0.15, -0.1) is 0 Å². The van der Waals surface area contributed by atoms with Gasteiger partial charge in [0, 0.05) is 6.07 Å². The first kappa shape index (κ1) is 14.6. The van der Waals surface area contributed by atoms with Crippen LogP contribution in [0, 0.1) is 0 Å². The Morgan fingerprint density at radius 1 is 1.22 bits per heavy atom. The van der Waals surface area contributed by atoms with Gasteiger partial charge in [-0.2, -0.15) is 0 Å². The van der Waals surface area contributed by atoms with Crippen LogP contribution in [0.5, 0.6) is 5.75 Å². The average Bonchev–Trinajstić information content (AvgIpc) is 2.21. The van der Waals surface area contributed by atoms with Gasteiger partial charge >= 0.3 is 5.97 Å². The van der Waals surface area contributed by atoms with Gasteiger partial charge in [-0.05, 0) is 33.8 Å². The first-order valence-corrected chi connectivity index (χ1v) is 6.15. The number of hydrogen-bond acceptors (Lipinski definition) is 4. The summed E-state index contributed by atoms with van der Waals surface area (Å²) < 4.78 is 10.6. The minimum atomic E-state index is -0.501. The molecule has 0 unspecified atom stereocenters. The Labute approximate surface area is 112 Å². The molecule has 2 N–H and O–H groups in total. The number of hydrogen-bond donors (Lipinski definition) is 1. The number of carbonyl (C=O) groups excluding carboxylic acids is 1. The van der Waals surface area contributed by atoms with Crippen molar-refractivity contribution in [2.75, 3.05) is 5.73 Å². The Balaban J connectivity index is 3.09. The molecule has 0 amide bonds. The molecule has 100 valence electrons. The highest BCUT2D eigenvalue weighted by Gasteiger charge is 2.17. The lowest BCUT2D eigenvalue weighted by Gasteiger charge is -2.14. The van der Waals surface area contributed by atoms with Crippen molar-refractivity contribution >= 4 is 23.3 Å². The molecule has 0 radical (unpaired) electrons. The van der Waals surface area contributed by atoms with Crippen molar-refractivity contribution in [3.8, 4) is 5.75 Å². The molecule has 0 heterocycles. The third-order valence-electron chi connectivity index (χ3n) is 2.04. The summed E-state index contributed by atoms with van der Waals surface area (Å²) >= 11 is 5.97. The van der Waals surface area contributed by atoms with Crippen LogP contribution in [0.15, 0.2) is 12.1 Å². The highest BCUT2D eigenvalue weighted by atomic mass is 35.5. The van der Waals surface area contributed by atoms with E-state index in [0.29, 0.717) is 5.75 Å². The third kappa shape index (κ3) is 3.81. The first-order valence-electron chi connectivity index (χ1n) is 5.78. The van der Waals surface area contributed by atoms with Gasteiger partial charge in [-0.3, -0.25) is 0 Å². The second-order valence-corrected chi connectivity index (χ2v) is 4.89. The Morgan fingerprint density at radius 3 is 2.33 bits per heavy atom. The molecule has 0 aromatic heterocycles. The smallest absolute Gasteiger partial charge is 0.340 e. The summed E-state index contributed by atoms with van der Waals surface area (Å²) in [6.07, 6.45) is -0.232. The van der Waals surface area contributed by atoms with Crippen LogP contribution in [-0.4, -0.2) is 18.2 Å².